The van der Waals surface area contributed by atoms with Crippen molar-refractivity contribution in [3.8, 4) is 0 Å². The number of sulfonamides is 1. The van der Waals surface area contributed by atoms with Crippen LogP contribution < -0.4 is 0 Å². The number of halogens is 1. The molecule has 0 fully saturated rings. The summed E-state index contributed by atoms with van der Waals surface area (Å²) in [6.45, 7) is 1.40. The average molecular weight is 336 g/mol. The van der Waals surface area contributed by atoms with E-state index >= 15 is 0 Å². The van der Waals surface area contributed by atoms with E-state index in [1.165, 1.54) is 20.0 Å². The van der Waals surface area contributed by atoms with E-state index in [2.05, 4.69) is 15.9 Å². The van der Waals surface area contributed by atoms with Crippen molar-refractivity contribution >= 4 is 31.9 Å². The molecule has 5 nitrogen and oxygen atoms in total. The first-order chi connectivity index (χ1) is 8.26. The third-order valence-electron chi connectivity index (χ3n) is 2.48. The molecule has 1 unspecified atom stereocenters. The SMILES string of the molecule is CC(CN(C)S(=O)(=O)c1ccccc1Br)C(=O)O. The summed E-state index contributed by atoms with van der Waals surface area (Å²) >= 11 is 3.17. The molecule has 100 valence electrons. The Balaban J connectivity index is 3.01. The zero-order chi connectivity index (χ0) is 13.9. The first-order valence-electron chi connectivity index (χ1n) is 5.20. The van der Waals surface area contributed by atoms with E-state index < -0.39 is 21.9 Å². The molecule has 0 heterocycles. The Morgan fingerprint density at radius 1 is 1.44 bits per heavy atom. The van der Waals surface area contributed by atoms with Crippen molar-refractivity contribution in [3.05, 3.63) is 28.7 Å². The predicted octanol–water partition coefficient (Wildman–Crippen LogP) is 1.79. The second-order valence-corrected chi connectivity index (χ2v) is 6.82. The summed E-state index contributed by atoms with van der Waals surface area (Å²) in [5, 5.41) is 8.79. The molecule has 0 saturated carbocycles. The quantitative estimate of drug-likeness (QED) is 0.890. The first-order valence-corrected chi connectivity index (χ1v) is 7.43. The second-order valence-electron chi connectivity index (χ2n) is 3.96. The summed E-state index contributed by atoms with van der Waals surface area (Å²) in [6, 6.07) is 6.43. The van der Waals surface area contributed by atoms with Gasteiger partial charge < -0.3 is 5.11 Å². The molecule has 1 rings (SSSR count). The van der Waals surface area contributed by atoms with E-state index in [0.29, 0.717) is 4.47 Å². The highest BCUT2D eigenvalue weighted by atomic mass is 79.9. The van der Waals surface area contributed by atoms with Gasteiger partial charge in [0.2, 0.25) is 10.0 Å². The van der Waals surface area contributed by atoms with Gasteiger partial charge in [0.1, 0.15) is 0 Å². The summed E-state index contributed by atoms with van der Waals surface area (Å²) in [4.78, 5) is 10.9. The smallest absolute Gasteiger partial charge is 0.307 e. The lowest BCUT2D eigenvalue weighted by molar-refractivity contribution is -0.141. The van der Waals surface area contributed by atoms with E-state index in [0.717, 1.165) is 4.31 Å². The van der Waals surface area contributed by atoms with Gasteiger partial charge in [-0.2, -0.15) is 0 Å². The van der Waals surface area contributed by atoms with Crippen LogP contribution in [0.2, 0.25) is 0 Å². The Morgan fingerprint density at radius 3 is 2.50 bits per heavy atom. The van der Waals surface area contributed by atoms with Crippen molar-refractivity contribution in [1.82, 2.24) is 4.31 Å². The molecule has 7 heteroatoms. The van der Waals surface area contributed by atoms with Gasteiger partial charge in [-0.3, -0.25) is 4.79 Å². The number of carboxylic acid groups (broad SMARTS) is 1. The molecule has 0 radical (unpaired) electrons. The van der Waals surface area contributed by atoms with Crippen LogP contribution in [0.1, 0.15) is 6.92 Å². The fourth-order valence-corrected chi connectivity index (χ4v) is 3.60. The third-order valence-corrected chi connectivity index (χ3v) is 5.31. The number of aliphatic carboxylic acids is 1. The van der Waals surface area contributed by atoms with Crippen LogP contribution in [0, 0.1) is 5.92 Å². The fraction of sp³-hybridized carbons (Fsp3) is 0.364. The molecule has 0 aliphatic carbocycles. The molecular weight excluding hydrogens is 322 g/mol. The van der Waals surface area contributed by atoms with Gasteiger partial charge in [0.25, 0.3) is 0 Å². The van der Waals surface area contributed by atoms with E-state index in [-0.39, 0.29) is 11.4 Å². The van der Waals surface area contributed by atoms with Crippen molar-refractivity contribution in [2.24, 2.45) is 5.92 Å². The maximum Gasteiger partial charge on any atom is 0.307 e. The summed E-state index contributed by atoms with van der Waals surface area (Å²) in [6.07, 6.45) is 0. The molecule has 18 heavy (non-hydrogen) atoms. The van der Waals surface area contributed by atoms with Gasteiger partial charge >= 0.3 is 5.97 Å². The van der Waals surface area contributed by atoms with E-state index in [4.69, 9.17) is 5.11 Å². The molecule has 1 aromatic rings. The van der Waals surface area contributed by atoms with Crippen molar-refractivity contribution in [2.45, 2.75) is 11.8 Å². The highest BCUT2D eigenvalue weighted by Gasteiger charge is 2.26. The Bertz CT molecular complexity index is 544. The van der Waals surface area contributed by atoms with Gasteiger partial charge in [0.05, 0.1) is 10.8 Å². The number of carboxylic acids is 1. The highest BCUT2D eigenvalue weighted by molar-refractivity contribution is 9.10. The van der Waals surface area contributed by atoms with Crippen molar-refractivity contribution in [1.29, 1.82) is 0 Å². The summed E-state index contributed by atoms with van der Waals surface area (Å²) in [5.41, 5.74) is 0. The molecule has 0 aromatic heterocycles. The lowest BCUT2D eigenvalue weighted by Crippen LogP contribution is -2.33. The molecule has 0 bridgehead atoms. The van der Waals surface area contributed by atoms with Gasteiger partial charge in [-0.1, -0.05) is 19.1 Å². The normalized spacial score (nSPS) is 13.6. The average Bonchev–Trinajstić information content (AvgIpc) is 2.28. The predicted molar refractivity (Wildman–Crippen MR) is 70.8 cm³/mol. The Morgan fingerprint density at radius 2 is 2.00 bits per heavy atom. The molecule has 1 atom stereocenters. The molecule has 1 N–H and O–H groups in total. The van der Waals surface area contributed by atoms with Crippen LogP contribution in [0.4, 0.5) is 0 Å². The standard InChI is InChI=1S/C11H14BrNO4S/c1-8(11(14)15)7-13(2)18(16,17)10-6-4-3-5-9(10)12/h3-6,8H,7H2,1-2H3,(H,14,15). The molecule has 0 spiro atoms. The Kier molecular flexibility index (Phi) is 4.89. The van der Waals surface area contributed by atoms with E-state index in [1.54, 1.807) is 18.2 Å². The van der Waals surface area contributed by atoms with Crippen LogP contribution in [0.25, 0.3) is 0 Å². The first kappa shape index (κ1) is 15.1. The van der Waals surface area contributed by atoms with Crippen LogP contribution in [-0.2, 0) is 14.8 Å². The molecule has 1 aromatic carbocycles. The minimum absolute atomic E-state index is 0.0704. The van der Waals surface area contributed by atoms with Crippen LogP contribution in [0.3, 0.4) is 0 Å². The van der Waals surface area contributed by atoms with Crippen LogP contribution in [0.15, 0.2) is 33.6 Å². The van der Waals surface area contributed by atoms with Crippen LogP contribution >= 0.6 is 15.9 Å². The maximum absolute atomic E-state index is 12.2. The summed E-state index contributed by atoms with van der Waals surface area (Å²) < 4.78 is 25.9. The molecule has 0 amide bonds. The Labute approximate surface area is 115 Å². The molecule has 0 saturated heterocycles. The number of benzene rings is 1. The minimum Gasteiger partial charge on any atom is -0.481 e. The zero-order valence-corrected chi connectivity index (χ0v) is 12.4. The van der Waals surface area contributed by atoms with Crippen molar-refractivity contribution in [2.75, 3.05) is 13.6 Å². The fourth-order valence-electron chi connectivity index (χ4n) is 1.38. The van der Waals surface area contributed by atoms with E-state index in [9.17, 15) is 13.2 Å². The molecule has 0 aliphatic rings. The van der Waals surface area contributed by atoms with Gasteiger partial charge in [0, 0.05) is 18.1 Å². The summed E-state index contributed by atoms with van der Waals surface area (Å²) in [5.74, 6) is -1.78. The molecular formula is C11H14BrNO4S. The summed E-state index contributed by atoms with van der Waals surface area (Å²) in [7, 11) is -2.31. The topological polar surface area (TPSA) is 74.7 Å². The van der Waals surface area contributed by atoms with Gasteiger partial charge in [-0.05, 0) is 28.1 Å². The van der Waals surface area contributed by atoms with Gasteiger partial charge in [-0.25, -0.2) is 12.7 Å². The number of nitrogens with zero attached hydrogens (tertiary/aromatic N) is 1. The minimum atomic E-state index is -3.68. The number of carbonyl (C=O) groups is 1. The zero-order valence-electron chi connectivity index (χ0n) is 10.00. The van der Waals surface area contributed by atoms with Crippen LogP contribution in [0.5, 0.6) is 0 Å². The number of hydrogen-bond acceptors (Lipinski definition) is 3. The highest BCUT2D eigenvalue weighted by Crippen LogP contribution is 2.24. The Hall–Kier alpha value is -0.920. The van der Waals surface area contributed by atoms with Crippen molar-refractivity contribution < 1.29 is 18.3 Å². The molecule has 0 aliphatic heterocycles. The number of rotatable bonds is 5. The monoisotopic (exact) mass is 335 g/mol. The van der Waals surface area contributed by atoms with Crippen molar-refractivity contribution in [3.63, 3.8) is 0 Å². The van der Waals surface area contributed by atoms with Gasteiger partial charge in [0.15, 0.2) is 0 Å². The lowest BCUT2D eigenvalue weighted by Gasteiger charge is -2.19. The second kappa shape index (κ2) is 5.81. The number of hydrogen-bond donors (Lipinski definition) is 1. The maximum atomic E-state index is 12.2. The third kappa shape index (κ3) is 3.30. The lowest BCUT2D eigenvalue weighted by atomic mass is 10.2. The van der Waals surface area contributed by atoms with Gasteiger partial charge in [-0.15, -0.1) is 0 Å². The van der Waals surface area contributed by atoms with Crippen LogP contribution in [-0.4, -0.2) is 37.4 Å². The largest absolute Gasteiger partial charge is 0.481 e. The van der Waals surface area contributed by atoms with E-state index in [1.807, 2.05) is 0 Å².